The lowest BCUT2D eigenvalue weighted by atomic mass is 10.2. The molecular formula is C13H10BrNO4. The van der Waals surface area contributed by atoms with Crippen LogP contribution in [-0.2, 0) is 4.79 Å². The van der Waals surface area contributed by atoms with E-state index in [9.17, 15) is 15.0 Å². The Labute approximate surface area is 117 Å². The maximum atomic E-state index is 11.5. The first-order valence-corrected chi connectivity index (χ1v) is 6.11. The number of benzene rings is 1. The van der Waals surface area contributed by atoms with Crippen LogP contribution in [0.2, 0.25) is 0 Å². The van der Waals surface area contributed by atoms with Gasteiger partial charge in [0, 0.05) is 22.7 Å². The summed E-state index contributed by atoms with van der Waals surface area (Å²) < 4.78 is 1.57. The van der Waals surface area contributed by atoms with E-state index in [0.29, 0.717) is 4.73 Å². The van der Waals surface area contributed by atoms with Gasteiger partial charge in [-0.3, -0.25) is 0 Å². The van der Waals surface area contributed by atoms with Crippen molar-refractivity contribution >= 4 is 28.0 Å². The van der Waals surface area contributed by atoms with Gasteiger partial charge in [0.1, 0.15) is 0 Å². The van der Waals surface area contributed by atoms with Crippen molar-refractivity contribution < 1.29 is 19.8 Å². The molecule has 0 saturated carbocycles. The van der Waals surface area contributed by atoms with Gasteiger partial charge >= 0.3 is 5.97 Å². The van der Waals surface area contributed by atoms with E-state index in [1.54, 1.807) is 6.08 Å². The van der Waals surface area contributed by atoms with E-state index < -0.39 is 5.97 Å². The average molecular weight is 324 g/mol. The molecule has 0 amide bonds. The molecule has 0 spiro atoms. The molecule has 1 aromatic heterocycles. The molecular weight excluding hydrogens is 314 g/mol. The number of nitrogens with zero attached hydrogens (tertiary/aromatic N) is 1. The molecule has 2 rings (SSSR count). The van der Waals surface area contributed by atoms with Crippen LogP contribution in [0.4, 0.5) is 0 Å². The van der Waals surface area contributed by atoms with Crippen LogP contribution in [-0.4, -0.2) is 20.9 Å². The van der Waals surface area contributed by atoms with Gasteiger partial charge in [-0.25, -0.2) is 4.79 Å². The predicted molar refractivity (Wildman–Crippen MR) is 72.5 cm³/mol. The van der Waals surface area contributed by atoms with Gasteiger partial charge in [-0.15, -0.1) is 4.73 Å². The maximum Gasteiger partial charge on any atom is 0.356 e. The molecule has 6 heteroatoms. The number of aromatic nitrogens is 1. The maximum absolute atomic E-state index is 11.5. The van der Waals surface area contributed by atoms with E-state index in [0.717, 1.165) is 10.0 Å². The van der Waals surface area contributed by atoms with Crippen LogP contribution in [0.3, 0.4) is 0 Å². The molecule has 2 aromatic rings. The molecule has 1 heterocycles. The molecule has 0 aliphatic rings. The van der Waals surface area contributed by atoms with Gasteiger partial charge in [0.2, 0.25) is 11.8 Å². The quantitative estimate of drug-likeness (QED) is 0.850. The molecule has 98 valence electrons. The highest BCUT2D eigenvalue weighted by molar-refractivity contribution is 9.10. The van der Waals surface area contributed by atoms with Gasteiger partial charge < -0.3 is 15.1 Å². The third-order valence-corrected chi connectivity index (χ3v) is 2.79. The fraction of sp³-hybridized carbons (Fsp3) is 0. The molecule has 0 aliphatic heterocycles. The molecule has 0 bridgehead atoms. The molecule has 0 fully saturated rings. The molecule has 0 atom stereocenters. The Morgan fingerprint density at radius 3 is 2.26 bits per heavy atom. The van der Waals surface area contributed by atoms with Crippen molar-refractivity contribution in [2.24, 2.45) is 0 Å². The van der Waals surface area contributed by atoms with E-state index >= 15 is 0 Å². The summed E-state index contributed by atoms with van der Waals surface area (Å²) in [5.74, 6) is -1.43. The molecule has 5 nitrogen and oxygen atoms in total. The standard InChI is InChI=1S/C13H10BrNO4/c14-10-4-1-9(2-5-10)3-8-13(18)19-15-11(16)6-7-12(15)17/h1-8,16-17H. The van der Waals surface area contributed by atoms with Crippen LogP contribution in [0.5, 0.6) is 11.8 Å². The summed E-state index contributed by atoms with van der Waals surface area (Å²) in [6.07, 6.45) is 2.76. The van der Waals surface area contributed by atoms with Crippen molar-refractivity contribution in [2.45, 2.75) is 0 Å². The van der Waals surface area contributed by atoms with Gasteiger partial charge in [-0.1, -0.05) is 28.1 Å². The summed E-state index contributed by atoms with van der Waals surface area (Å²) in [5.41, 5.74) is 0.820. The zero-order valence-corrected chi connectivity index (χ0v) is 11.2. The summed E-state index contributed by atoms with van der Waals surface area (Å²) >= 11 is 3.31. The summed E-state index contributed by atoms with van der Waals surface area (Å²) in [6.45, 7) is 0. The molecule has 0 aliphatic carbocycles. The van der Waals surface area contributed by atoms with Crippen LogP contribution in [0, 0.1) is 0 Å². The van der Waals surface area contributed by atoms with Crippen LogP contribution in [0.25, 0.3) is 6.08 Å². The second-order valence-electron chi connectivity index (χ2n) is 3.64. The molecule has 1 aromatic carbocycles. The number of hydrogen-bond donors (Lipinski definition) is 2. The van der Waals surface area contributed by atoms with Crippen molar-refractivity contribution in [2.75, 3.05) is 0 Å². The Kier molecular flexibility index (Phi) is 3.91. The molecule has 2 N–H and O–H groups in total. The molecule has 0 saturated heterocycles. The fourth-order valence-corrected chi connectivity index (χ4v) is 1.62. The van der Waals surface area contributed by atoms with Crippen molar-refractivity contribution in [1.82, 2.24) is 4.73 Å². The lowest BCUT2D eigenvalue weighted by Crippen LogP contribution is -2.16. The second-order valence-corrected chi connectivity index (χ2v) is 4.55. The van der Waals surface area contributed by atoms with E-state index in [1.807, 2.05) is 24.3 Å². The highest BCUT2D eigenvalue weighted by Gasteiger charge is 2.09. The number of carbonyl (C=O) groups is 1. The highest BCUT2D eigenvalue weighted by atomic mass is 79.9. The number of halogens is 1. The minimum Gasteiger partial charge on any atom is -0.492 e. The smallest absolute Gasteiger partial charge is 0.356 e. The van der Waals surface area contributed by atoms with Gasteiger partial charge in [-0.2, -0.15) is 0 Å². The summed E-state index contributed by atoms with van der Waals surface area (Å²) in [7, 11) is 0. The second kappa shape index (κ2) is 5.62. The Morgan fingerprint density at radius 1 is 1.11 bits per heavy atom. The van der Waals surface area contributed by atoms with Crippen LogP contribution >= 0.6 is 15.9 Å². The van der Waals surface area contributed by atoms with Crippen molar-refractivity contribution in [1.29, 1.82) is 0 Å². The minimum absolute atomic E-state index is 0.358. The minimum atomic E-state index is -0.718. The topological polar surface area (TPSA) is 71.7 Å². The Bertz CT molecular complexity index is 597. The van der Waals surface area contributed by atoms with Crippen LogP contribution in [0.15, 0.2) is 46.9 Å². The van der Waals surface area contributed by atoms with E-state index in [-0.39, 0.29) is 11.8 Å². The normalized spacial score (nSPS) is 10.8. The number of rotatable bonds is 3. The first-order valence-electron chi connectivity index (χ1n) is 5.32. The van der Waals surface area contributed by atoms with Gasteiger partial charge in [0.25, 0.3) is 0 Å². The summed E-state index contributed by atoms with van der Waals surface area (Å²) in [5, 5.41) is 18.6. The average Bonchev–Trinajstić information content (AvgIpc) is 2.70. The predicted octanol–water partition coefficient (Wildman–Crippen LogP) is 2.33. The molecule has 19 heavy (non-hydrogen) atoms. The van der Waals surface area contributed by atoms with Gasteiger partial charge in [0.15, 0.2) is 0 Å². The number of carbonyl (C=O) groups excluding carboxylic acids is 1. The zero-order valence-electron chi connectivity index (χ0n) is 9.65. The first kappa shape index (κ1) is 13.2. The Morgan fingerprint density at radius 2 is 1.68 bits per heavy atom. The Hall–Kier alpha value is -2.21. The van der Waals surface area contributed by atoms with Crippen molar-refractivity contribution in [3.63, 3.8) is 0 Å². The molecule has 0 unspecified atom stereocenters. The third-order valence-electron chi connectivity index (χ3n) is 2.26. The largest absolute Gasteiger partial charge is 0.492 e. The van der Waals surface area contributed by atoms with Crippen molar-refractivity contribution in [3.8, 4) is 11.8 Å². The zero-order chi connectivity index (χ0) is 13.8. The lowest BCUT2D eigenvalue weighted by molar-refractivity contribution is -0.139. The van der Waals surface area contributed by atoms with Gasteiger partial charge in [0.05, 0.1) is 0 Å². The fourth-order valence-electron chi connectivity index (χ4n) is 1.35. The SMILES string of the molecule is O=C(C=Cc1ccc(Br)cc1)On1c(O)ccc1O. The monoisotopic (exact) mass is 323 g/mol. The van der Waals surface area contributed by atoms with Crippen LogP contribution in [0.1, 0.15) is 5.56 Å². The Balaban J connectivity index is 2.04. The third kappa shape index (κ3) is 3.38. The van der Waals surface area contributed by atoms with Crippen molar-refractivity contribution in [3.05, 3.63) is 52.5 Å². The van der Waals surface area contributed by atoms with Gasteiger partial charge in [-0.05, 0) is 23.8 Å². The highest BCUT2D eigenvalue weighted by Crippen LogP contribution is 2.18. The summed E-state index contributed by atoms with van der Waals surface area (Å²) in [4.78, 5) is 16.2. The first-order chi connectivity index (χ1) is 9.06. The number of aromatic hydroxyl groups is 2. The lowest BCUT2D eigenvalue weighted by Gasteiger charge is -2.03. The van der Waals surface area contributed by atoms with E-state index in [1.165, 1.54) is 18.2 Å². The summed E-state index contributed by atoms with van der Waals surface area (Å²) in [6, 6.07) is 9.74. The number of hydrogen-bond acceptors (Lipinski definition) is 4. The van der Waals surface area contributed by atoms with E-state index in [4.69, 9.17) is 4.84 Å². The van der Waals surface area contributed by atoms with E-state index in [2.05, 4.69) is 15.9 Å². The molecule has 0 radical (unpaired) electrons. The van der Waals surface area contributed by atoms with Crippen LogP contribution < -0.4 is 4.84 Å².